The average Bonchev–Trinajstić information content (AvgIpc) is 2.20. The molecular formula is C16H34OSiZn. The van der Waals surface area contributed by atoms with E-state index in [1.165, 1.54) is 25.7 Å². The fourth-order valence-electron chi connectivity index (χ4n) is 1.88. The van der Waals surface area contributed by atoms with E-state index < -0.39 is 8.32 Å². The summed E-state index contributed by atoms with van der Waals surface area (Å²) >= 11 is 0. The molecule has 0 N–H and O–H groups in total. The Kier molecular flexibility index (Phi) is 11.3. The van der Waals surface area contributed by atoms with E-state index in [4.69, 9.17) is 4.43 Å². The van der Waals surface area contributed by atoms with Crippen LogP contribution in [0.15, 0.2) is 0 Å². The summed E-state index contributed by atoms with van der Waals surface area (Å²) < 4.78 is 6.43. The van der Waals surface area contributed by atoms with Crippen LogP contribution < -0.4 is 0 Å². The Bertz CT molecular complexity index is 223. The molecule has 19 heavy (non-hydrogen) atoms. The Morgan fingerprint density at radius 3 is 1.89 bits per heavy atom. The molecule has 0 aromatic heterocycles. The van der Waals surface area contributed by atoms with Gasteiger partial charge in [-0.05, 0) is 24.6 Å². The van der Waals surface area contributed by atoms with E-state index in [2.05, 4.69) is 40.8 Å². The second kappa shape index (κ2) is 9.69. The molecule has 1 aliphatic rings. The van der Waals surface area contributed by atoms with Gasteiger partial charge in [-0.3, -0.25) is 0 Å². The first-order valence-electron chi connectivity index (χ1n) is 7.40. The van der Waals surface area contributed by atoms with Crippen LogP contribution in [0.5, 0.6) is 0 Å². The normalized spacial score (nSPS) is 24.0. The molecule has 1 saturated carbocycles. The monoisotopic (exact) mass is 334 g/mol. The molecule has 1 aliphatic carbocycles. The molecule has 0 aliphatic heterocycles. The predicted molar refractivity (Wildman–Crippen MR) is 85.0 cm³/mol. The number of rotatable bonds is 2. The van der Waals surface area contributed by atoms with Gasteiger partial charge in [0.1, 0.15) is 0 Å². The number of hydrogen-bond donors (Lipinski definition) is 0. The maximum absolute atomic E-state index is 6.43. The quantitative estimate of drug-likeness (QED) is 0.469. The minimum atomic E-state index is -1.57. The van der Waals surface area contributed by atoms with Crippen LogP contribution in [0.2, 0.25) is 18.1 Å². The first-order valence-corrected chi connectivity index (χ1v) is 10.3. The minimum absolute atomic E-state index is 0. The van der Waals surface area contributed by atoms with Crippen molar-refractivity contribution in [3.05, 3.63) is 13.3 Å². The molecule has 1 rings (SSSR count). The van der Waals surface area contributed by atoms with Gasteiger partial charge in [-0.2, -0.15) is 13.8 Å². The van der Waals surface area contributed by atoms with E-state index in [1.807, 2.05) is 20.3 Å². The van der Waals surface area contributed by atoms with Gasteiger partial charge in [0, 0.05) is 6.10 Å². The number of hydrogen-bond acceptors (Lipinski definition) is 1. The smallest absolute Gasteiger partial charge is 0.416 e. The van der Waals surface area contributed by atoms with Crippen molar-refractivity contribution in [3.8, 4) is 0 Å². The fraction of sp³-hybridized carbons (Fsp3) is 0.875. The van der Waals surface area contributed by atoms with Crippen LogP contribution in [0.3, 0.4) is 0 Å². The molecule has 0 saturated heterocycles. The summed E-state index contributed by atoms with van der Waals surface area (Å²) in [6, 6.07) is 0. The Hall–Kier alpha value is 0.800. The Balaban J connectivity index is 0. The summed E-state index contributed by atoms with van der Waals surface area (Å²) in [5, 5.41) is 0.324. The third-order valence-electron chi connectivity index (χ3n) is 4.09. The topological polar surface area (TPSA) is 9.23 Å². The van der Waals surface area contributed by atoms with Crippen molar-refractivity contribution < 1.29 is 23.9 Å². The Morgan fingerprint density at radius 1 is 1.11 bits per heavy atom. The summed E-state index contributed by atoms with van der Waals surface area (Å²) in [6.45, 7) is 19.8. The molecule has 0 spiro atoms. The average molecular weight is 336 g/mol. The molecule has 2 atom stereocenters. The van der Waals surface area contributed by atoms with Gasteiger partial charge in [-0.25, -0.2) is 0 Å². The van der Waals surface area contributed by atoms with Crippen molar-refractivity contribution >= 4 is 8.32 Å². The summed E-state index contributed by atoms with van der Waals surface area (Å²) in [7, 11) is -1.57. The molecule has 1 nitrogen and oxygen atoms in total. The van der Waals surface area contributed by atoms with Gasteiger partial charge in [-0.15, -0.1) is 5.92 Å². The van der Waals surface area contributed by atoms with Crippen molar-refractivity contribution in [1.29, 1.82) is 0 Å². The second-order valence-electron chi connectivity index (χ2n) is 7.04. The first kappa shape index (κ1) is 22.1. The summed E-state index contributed by atoms with van der Waals surface area (Å²) in [4.78, 5) is 0. The summed E-state index contributed by atoms with van der Waals surface area (Å²) in [5.74, 6) is 0.521. The van der Waals surface area contributed by atoms with Crippen molar-refractivity contribution in [1.82, 2.24) is 0 Å². The van der Waals surface area contributed by atoms with E-state index in [0.717, 1.165) is 0 Å². The van der Waals surface area contributed by atoms with Gasteiger partial charge >= 0.3 is 19.5 Å². The van der Waals surface area contributed by atoms with E-state index >= 15 is 0 Å². The van der Waals surface area contributed by atoms with Gasteiger partial charge in [0.15, 0.2) is 8.32 Å². The van der Waals surface area contributed by atoms with Gasteiger partial charge in [-0.1, -0.05) is 40.0 Å². The van der Waals surface area contributed by atoms with E-state index in [9.17, 15) is 0 Å². The molecule has 0 amide bonds. The largest absolute Gasteiger partial charge is 2.00 e. The second-order valence-corrected chi connectivity index (χ2v) is 11.8. The molecule has 3 heteroatoms. The van der Waals surface area contributed by atoms with Crippen LogP contribution in [-0.4, -0.2) is 14.4 Å². The van der Waals surface area contributed by atoms with E-state index in [-0.39, 0.29) is 19.5 Å². The van der Waals surface area contributed by atoms with Crippen LogP contribution in [0.4, 0.5) is 0 Å². The zero-order chi connectivity index (χ0) is 14.4. The minimum Gasteiger partial charge on any atom is -0.416 e. The third-order valence-corrected chi connectivity index (χ3v) is 8.60. The van der Waals surface area contributed by atoms with E-state index in [1.54, 1.807) is 0 Å². The van der Waals surface area contributed by atoms with Gasteiger partial charge in [0.2, 0.25) is 0 Å². The standard InChI is InChI=1S/C13H27OSi.C3H7.Zn/c1-11-9-7-8-10-12(11)14-15(5,6)13(2,3)4;1-3-2;/h11-12H,1,7-10H2,2-6H3;3H,1-2H3;/q2*-1;+2/t11-,12+;;/m0../s1. The molecule has 0 radical (unpaired) electrons. The van der Waals surface area contributed by atoms with Crippen LogP contribution in [0.1, 0.15) is 60.3 Å². The zero-order valence-electron chi connectivity index (χ0n) is 14.4. The van der Waals surface area contributed by atoms with Crippen LogP contribution in [0.25, 0.3) is 0 Å². The summed E-state index contributed by atoms with van der Waals surface area (Å²) in [6.07, 6.45) is 7.57. The third kappa shape index (κ3) is 7.97. The first-order chi connectivity index (χ1) is 8.15. The molecule has 0 bridgehead atoms. The van der Waals surface area contributed by atoms with Crippen molar-refractivity contribution in [3.63, 3.8) is 0 Å². The molecule has 0 aromatic rings. The Morgan fingerprint density at radius 2 is 1.53 bits per heavy atom. The fourth-order valence-corrected chi connectivity index (χ4v) is 3.30. The van der Waals surface area contributed by atoms with Gasteiger partial charge in [0.05, 0.1) is 0 Å². The molecule has 1 fully saturated rings. The SMILES string of the molecule is C[CH-]C.[CH2-][C@H]1CCCC[C@H]1O[Si](C)(C)C(C)(C)C.[Zn+2]. The van der Waals surface area contributed by atoms with Crippen molar-refractivity contribution in [2.24, 2.45) is 5.92 Å². The van der Waals surface area contributed by atoms with Crippen LogP contribution in [-0.2, 0) is 23.9 Å². The zero-order valence-corrected chi connectivity index (χ0v) is 18.4. The molecule has 0 heterocycles. The van der Waals surface area contributed by atoms with Gasteiger partial charge in [0.25, 0.3) is 0 Å². The van der Waals surface area contributed by atoms with Crippen LogP contribution >= 0.6 is 0 Å². The van der Waals surface area contributed by atoms with E-state index in [0.29, 0.717) is 17.1 Å². The molecule has 0 aromatic carbocycles. The summed E-state index contributed by atoms with van der Waals surface area (Å²) in [5.41, 5.74) is 0. The van der Waals surface area contributed by atoms with Crippen molar-refractivity contribution in [2.75, 3.05) is 0 Å². The molecule has 110 valence electrons. The maximum atomic E-state index is 6.43. The van der Waals surface area contributed by atoms with Crippen molar-refractivity contribution in [2.45, 2.75) is 84.5 Å². The maximum Gasteiger partial charge on any atom is 2.00 e. The molecule has 0 unspecified atom stereocenters. The van der Waals surface area contributed by atoms with Crippen LogP contribution in [0, 0.1) is 19.3 Å². The predicted octanol–water partition coefficient (Wildman–Crippen LogP) is 5.63. The Labute approximate surface area is 136 Å². The molecular weight excluding hydrogens is 302 g/mol. The van der Waals surface area contributed by atoms with Gasteiger partial charge < -0.3 is 17.8 Å².